The van der Waals surface area contributed by atoms with Crippen molar-refractivity contribution in [2.45, 2.75) is 33.0 Å². The Hall–Kier alpha value is -4.25. The van der Waals surface area contributed by atoms with E-state index in [2.05, 4.69) is 10.1 Å². The third-order valence-electron chi connectivity index (χ3n) is 5.62. The number of methoxy groups -OCH3 is 2. The molecule has 0 radical (unpaired) electrons. The predicted octanol–water partition coefficient (Wildman–Crippen LogP) is 6.17. The third kappa shape index (κ3) is 5.23. The van der Waals surface area contributed by atoms with Crippen molar-refractivity contribution < 1.29 is 28.2 Å². The molecule has 0 saturated carbocycles. The van der Waals surface area contributed by atoms with E-state index < -0.39 is 11.7 Å². The van der Waals surface area contributed by atoms with Crippen LogP contribution in [0.5, 0.6) is 16.7 Å². The van der Waals surface area contributed by atoms with Gasteiger partial charge in [-0.2, -0.15) is 0 Å². The molecule has 1 amide bonds. The lowest BCUT2D eigenvalue weighted by Gasteiger charge is -2.25. The highest BCUT2D eigenvalue weighted by Crippen LogP contribution is 2.37. The summed E-state index contributed by atoms with van der Waals surface area (Å²) in [5.74, 6) is 1.78. The molecule has 0 atom stereocenters. The van der Waals surface area contributed by atoms with Gasteiger partial charge in [0.1, 0.15) is 35.0 Å². The molecule has 0 bridgehead atoms. The number of carbonyl (C=O) groups is 1. The number of hydrogen-bond donors (Lipinski definition) is 0. The zero-order chi connectivity index (χ0) is 27.0. The Kier molecular flexibility index (Phi) is 6.62. The fourth-order valence-corrected chi connectivity index (χ4v) is 4.48. The lowest BCUT2D eigenvalue weighted by Crippen LogP contribution is -2.34. The number of rotatable bonds is 7. The first kappa shape index (κ1) is 25.4. The van der Waals surface area contributed by atoms with Crippen molar-refractivity contribution in [3.05, 3.63) is 54.2 Å². The quantitative estimate of drug-likeness (QED) is 0.243. The molecule has 0 saturated heterocycles. The highest BCUT2D eigenvalue weighted by Gasteiger charge is 2.21. The molecular weight excluding hydrogens is 508 g/mol. The van der Waals surface area contributed by atoms with E-state index in [0.717, 1.165) is 10.9 Å². The Morgan fingerprint density at radius 3 is 2.66 bits per heavy atom. The molecule has 38 heavy (non-hydrogen) atoms. The van der Waals surface area contributed by atoms with E-state index in [9.17, 15) is 4.79 Å². The van der Waals surface area contributed by atoms with Gasteiger partial charge in [0.15, 0.2) is 5.76 Å². The minimum Gasteiger partial charge on any atom is -0.496 e. The summed E-state index contributed by atoms with van der Waals surface area (Å²) < 4.78 is 30.1. The smallest absolute Gasteiger partial charge is 0.414 e. The first-order valence-corrected chi connectivity index (χ1v) is 12.7. The molecule has 11 heteroatoms. The molecule has 198 valence electrons. The molecule has 0 unspecified atom stereocenters. The van der Waals surface area contributed by atoms with Crippen LogP contribution in [0.25, 0.3) is 27.4 Å². The van der Waals surface area contributed by atoms with Gasteiger partial charge in [-0.05, 0) is 55.9 Å². The predicted molar refractivity (Wildman–Crippen MR) is 145 cm³/mol. The minimum atomic E-state index is -0.581. The number of imidazole rings is 1. The van der Waals surface area contributed by atoms with Crippen molar-refractivity contribution in [3.63, 3.8) is 0 Å². The van der Waals surface area contributed by atoms with Gasteiger partial charge in [-0.15, -0.1) is 5.10 Å². The van der Waals surface area contributed by atoms with Gasteiger partial charge in [0.2, 0.25) is 4.96 Å². The number of aromatic nitrogens is 3. The van der Waals surface area contributed by atoms with Crippen molar-refractivity contribution in [3.8, 4) is 28.1 Å². The first-order chi connectivity index (χ1) is 18.1. The standard InChI is InChI=1S/C27H28N4O6S/c1-27(2,3)37-26(32)30(4)17-9-7-8-16(10-17)15-35-21-11-18(33-5)12-22-19(21)13-23(36-22)20-14-31-24(28-20)38-25(29-31)34-6/h7-14H,15H2,1-6H3. The van der Waals surface area contributed by atoms with Crippen molar-refractivity contribution in [2.24, 2.45) is 0 Å². The number of anilines is 1. The first-order valence-electron chi connectivity index (χ1n) is 11.8. The number of furan rings is 1. The maximum atomic E-state index is 12.5. The summed E-state index contributed by atoms with van der Waals surface area (Å²) in [5.41, 5.74) is 2.25. The second-order valence-corrected chi connectivity index (χ2v) is 10.5. The number of amides is 1. The molecule has 3 heterocycles. The summed E-state index contributed by atoms with van der Waals surface area (Å²) in [4.78, 5) is 19.3. The van der Waals surface area contributed by atoms with Crippen LogP contribution in [0.4, 0.5) is 10.5 Å². The largest absolute Gasteiger partial charge is 0.496 e. The lowest BCUT2D eigenvalue weighted by atomic mass is 10.2. The number of hydrogen-bond acceptors (Lipinski definition) is 9. The van der Waals surface area contributed by atoms with E-state index >= 15 is 0 Å². The van der Waals surface area contributed by atoms with E-state index in [1.807, 2.05) is 63.2 Å². The number of nitrogens with zero attached hydrogens (tertiary/aromatic N) is 4. The van der Waals surface area contributed by atoms with Crippen LogP contribution < -0.4 is 19.1 Å². The fraction of sp³-hybridized carbons (Fsp3) is 0.296. The van der Waals surface area contributed by atoms with E-state index in [0.29, 0.717) is 44.4 Å². The summed E-state index contributed by atoms with van der Waals surface area (Å²) >= 11 is 1.34. The molecule has 0 aliphatic carbocycles. The van der Waals surface area contributed by atoms with Crippen LogP contribution in [-0.4, -0.2) is 47.6 Å². The average molecular weight is 537 g/mol. The van der Waals surface area contributed by atoms with Gasteiger partial charge >= 0.3 is 6.09 Å². The van der Waals surface area contributed by atoms with Crippen LogP contribution in [0.15, 0.2) is 53.1 Å². The molecule has 5 rings (SSSR count). The fourth-order valence-electron chi connectivity index (χ4n) is 3.78. The molecule has 0 fully saturated rings. The second kappa shape index (κ2) is 9.90. The lowest BCUT2D eigenvalue weighted by molar-refractivity contribution is 0.0589. The monoisotopic (exact) mass is 536 g/mol. The average Bonchev–Trinajstić information content (AvgIpc) is 3.58. The maximum Gasteiger partial charge on any atom is 0.414 e. The number of carbonyl (C=O) groups excluding carboxylic acids is 1. The molecule has 0 aliphatic heterocycles. The molecule has 5 aromatic rings. The van der Waals surface area contributed by atoms with Crippen molar-refractivity contribution in [1.29, 1.82) is 0 Å². The van der Waals surface area contributed by atoms with Gasteiger partial charge in [0.05, 0.1) is 25.8 Å². The Morgan fingerprint density at radius 2 is 1.95 bits per heavy atom. The van der Waals surface area contributed by atoms with Gasteiger partial charge < -0.3 is 23.4 Å². The zero-order valence-corrected chi connectivity index (χ0v) is 22.8. The van der Waals surface area contributed by atoms with E-state index in [1.165, 1.54) is 16.2 Å². The second-order valence-electron chi connectivity index (χ2n) is 9.57. The van der Waals surface area contributed by atoms with E-state index in [-0.39, 0.29) is 6.61 Å². The van der Waals surface area contributed by atoms with E-state index in [4.69, 9.17) is 23.4 Å². The van der Waals surface area contributed by atoms with Crippen LogP contribution >= 0.6 is 11.3 Å². The van der Waals surface area contributed by atoms with Gasteiger partial charge in [-0.1, -0.05) is 12.1 Å². The van der Waals surface area contributed by atoms with Crippen molar-refractivity contribution >= 4 is 39.0 Å². The summed E-state index contributed by atoms with van der Waals surface area (Å²) in [6.45, 7) is 5.77. The zero-order valence-electron chi connectivity index (χ0n) is 22.0. The van der Waals surface area contributed by atoms with Crippen molar-refractivity contribution in [1.82, 2.24) is 14.6 Å². The summed E-state index contributed by atoms with van der Waals surface area (Å²) in [5, 5.41) is 5.63. The molecule has 0 aliphatic rings. The molecular formula is C27H28N4O6S. The van der Waals surface area contributed by atoms with Crippen molar-refractivity contribution in [2.75, 3.05) is 26.2 Å². The Morgan fingerprint density at radius 1 is 1.13 bits per heavy atom. The third-order valence-corrected chi connectivity index (χ3v) is 6.50. The van der Waals surface area contributed by atoms with Gasteiger partial charge in [0.25, 0.3) is 5.19 Å². The van der Waals surface area contributed by atoms with Crippen LogP contribution in [-0.2, 0) is 11.3 Å². The molecule has 0 spiro atoms. The number of benzene rings is 2. The summed E-state index contributed by atoms with van der Waals surface area (Å²) in [7, 11) is 4.84. The Balaban J connectivity index is 1.39. The molecule has 2 aromatic carbocycles. The topological polar surface area (TPSA) is 101 Å². The van der Waals surface area contributed by atoms with Crippen LogP contribution in [0, 0.1) is 0 Å². The maximum absolute atomic E-state index is 12.5. The SMILES string of the molecule is COc1cc(OCc2cccc(N(C)C(=O)OC(C)(C)C)c2)c2cc(-c3cn4nc(OC)sc4n3)oc2c1. The van der Waals surface area contributed by atoms with Gasteiger partial charge in [0, 0.05) is 24.9 Å². The number of fused-ring (bicyclic) bond motifs is 2. The Labute approximate surface area is 223 Å². The number of ether oxygens (including phenoxy) is 4. The van der Waals surface area contributed by atoms with Gasteiger partial charge in [-0.3, -0.25) is 4.90 Å². The van der Waals surface area contributed by atoms with Crippen LogP contribution in [0.3, 0.4) is 0 Å². The highest BCUT2D eigenvalue weighted by molar-refractivity contribution is 7.18. The van der Waals surface area contributed by atoms with Crippen LogP contribution in [0.1, 0.15) is 26.3 Å². The molecule has 3 aromatic heterocycles. The molecule has 0 N–H and O–H groups in total. The Bertz CT molecular complexity index is 1580. The summed E-state index contributed by atoms with van der Waals surface area (Å²) in [6, 6.07) is 13.1. The highest BCUT2D eigenvalue weighted by atomic mass is 32.1. The van der Waals surface area contributed by atoms with Crippen LogP contribution in [0.2, 0.25) is 0 Å². The van der Waals surface area contributed by atoms with E-state index in [1.54, 1.807) is 32.0 Å². The van der Waals surface area contributed by atoms with Gasteiger partial charge in [-0.25, -0.2) is 14.3 Å². The summed E-state index contributed by atoms with van der Waals surface area (Å²) in [6.07, 6.45) is 1.36. The normalized spacial score (nSPS) is 11.6. The molecule has 10 nitrogen and oxygen atoms in total. The minimum absolute atomic E-state index is 0.267.